The van der Waals surface area contributed by atoms with Crippen LogP contribution in [0.2, 0.25) is 0 Å². The molecule has 14 heavy (non-hydrogen) atoms. The number of hydrogen-bond donors (Lipinski definition) is 1. The highest BCUT2D eigenvalue weighted by Gasteiger charge is 2.02. The summed E-state index contributed by atoms with van der Waals surface area (Å²) < 4.78 is 2.03. The first-order chi connectivity index (χ1) is 6.79. The van der Waals surface area contributed by atoms with Crippen molar-refractivity contribution in [2.75, 3.05) is 0 Å². The van der Waals surface area contributed by atoms with Crippen LogP contribution in [-0.4, -0.2) is 14.5 Å². The van der Waals surface area contributed by atoms with E-state index >= 15 is 0 Å². The summed E-state index contributed by atoms with van der Waals surface area (Å²) in [4.78, 5) is 9.64. The standard InChI is InChI=1S/C9H12N4S/c1-7-9(14-6-12-7)4-13-3-8(2-10)11-5-13/h3,5-6H,2,4,10H2,1H3. The molecule has 0 aliphatic heterocycles. The Kier molecular flexibility index (Phi) is 2.60. The Labute approximate surface area is 86.4 Å². The number of aromatic nitrogens is 3. The van der Waals surface area contributed by atoms with Crippen molar-refractivity contribution in [3.63, 3.8) is 0 Å². The Morgan fingerprint density at radius 1 is 1.50 bits per heavy atom. The molecule has 4 nitrogen and oxygen atoms in total. The number of aryl methyl sites for hydroxylation is 1. The fourth-order valence-electron chi connectivity index (χ4n) is 1.24. The van der Waals surface area contributed by atoms with Gasteiger partial charge in [0.25, 0.3) is 0 Å². The summed E-state index contributed by atoms with van der Waals surface area (Å²) >= 11 is 1.67. The van der Waals surface area contributed by atoms with Gasteiger partial charge in [-0.3, -0.25) is 0 Å². The summed E-state index contributed by atoms with van der Waals surface area (Å²) in [5.41, 5.74) is 9.37. The van der Waals surface area contributed by atoms with Crippen LogP contribution in [0.5, 0.6) is 0 Å². The molecule has 5 heteroatoms. The molecule has 0 unspecified atom stereocenters. The quantitative estimate of drug-likeness (QED) is 0.823. The molecule has 0 spiro atoms. The largest absolute Gasteiger partial charge is 0.332 e. The van der Waals surface area contributed by atoms with Gasteiger partial charge in [-0.15, -0.1) is 11.3 Å². The molecule has 0 amide bonds. The van der Waals surface area contributed by atoms with Gasteiger partial charge in [0.1, 0.15) is 0 Å². The van der Waals surface area contributed by atoms with E-state index in [1.165, 1.54) is 4.88 Å². The van der Waals surface area contributed by atoms with Gasteiger partial charge in [-0.05, 0) is 6.92 Å². The molecule has 0 fully saturated rings. The van der Waals surface area contributed by atoms with E-state index in [1.807, 2.05) is 23.2 Å². The third kappa shape index (κ3) is 1.83. The first-order valence-electron chi connectivity index (χ1n) is 4.39. The van der Waals surface area contributed by atoms with Gasteiger partial charge in [0, 0.05) is 17.6 Å². The summed E-state index contributed by atoms with van der Waals surface area (Å²) in [6.07, 6.45) is 3.78. The Bertz CT molecular complexity index is 418. The lowest BCUT2D eigenvalue weighted by Crippen LogP contribution is -1.97. The molecule has 0 saturated carbocycles. The first-order valence-corrected chi connectivity index (χ1v) is 5.27. The van der Waals surface area contributed by atoms with Gasteiger partial charge >= 0.3 is 0 Å². The molecule has 0 saturated heterocycles. The molecular formula is C9H12N4S. The zero-order valence-corrected chi connectivity index (χ0v) is 8.79. The lowest BCUT2D eigenvalue weighted by molar-refractivity contribution is 0.801. The van der Waals surface area contributed by atoms with Crippen molar-refractivity contribution >= 4 is 11.3 Å². The molecule has 2 heterocycles. The van der Waals surface area contributed by atoms with Crippen LogP contribution in [0, 0.1) is 6.92 Å². The van der Waals surface area contributed by atoms with Gasteiger partial charge in [-0.1, -0.05) is 0 Å². The van der Waals surface area contributed by atoms with Crippen LogP contribution in [-0.2, 0) is 13.1 Å². The zero-order valence-electron chi connectivity index (χ0n) is 7.97. The monoisotopic (exact) mass is 208 g/mol. The normalized spacial score (nSPS) is 10.7. The predicted octanol–water partition coefficient (Wildman–Crippen LogP) is 1.16. The van der Waals surface area contributed by atoms with E-state index in [1.54, 1.807) is 17.7 Å². The lowest BCUT2D eigenvalue weighted by Gasteiger charge is -1.98. The summed E-state index contributed by atoms with van der Waals surface area (Å²) in [7, 11) is 0. The van der Waals surface area contributed by atoms with Crippen LogP contribution in [0.25, 0.3) is 0 Å². The number of thiazole rings is 1. The highest BCUT2D eigenvalue weighted by Crippen LogP contribution is 2.13. The second-order valence-electron chi connectivity index (χ2n) is 3.10. The average Bonchev–Trinajstić information content (AvgIpc) is 2.77. The lowest BCUT2D eigenvalue weighted by atomic mass is 10.4. The number of nitrogens with two attached hydrogens (primary N) is 1. The average molecular weight is 208 g/mol. The number of rotatable bonds is 3. The highest BCUT2D eigenvalue weighted by atomic mass is 32.1. The molecule has 0 aliphatic carbocycles. The minimum absolute atomic E-state index is 0.495. The van der Waals surface area contributed by atoms with Crippen LogP contribution in [0.1, 0.15) is 16.3 Å². The maximum atomic E-state index is 5.48. The number of nitrogens with zero attached hydrogens (tertiary/aromatic N) is 3. The Hall–Kier alpha value is -1.20. The van der Waals surface area contributed by atoms with E-state index in [-0.39, 0.29) is 0 Å². The van der Waals surface area contributed by atoms with Crippen LogP contribution in [0.4, 0.5) is 0 Å². The van der Waals surface area contributed by atoms with Crippen molar-refractivity contribution in [1.82, 2.24) is 14.5 Å². The molecule has 2 aromatic rings. The third-order valence-electron chi connectivity index (χ3n) is 2.07. The summed E-state index contributed by atoms with van der Waals surface area (Å²) in [5, 5.41) is 0. The first kappa shape index (κ1) is 9.36. The molecule has 0 aliphatic rings. The van der Waals surface area contributed by atoms with Crippen LogP contribution in [0.15, 0.2) is 18.0 Å². The molecule has 0 bridgehead atoms. The van der Waals surface area contributed by atoms with Crippen LogP contribution >= 0.6 is 11.3 Å². The van der Waals surface area contributed by atoms with E-state index in [0.29, 0.717) is 6.54 Å². The van der Waals surface area contributed by atoms with Gasteiger partial charge in [-0.2, -0.15) is 0 Å². The number of hydrogen-bond acceptors (Lipinski definition) is 4. The Balaban J connectivity index is 2.15. The minimum Gasteiger partial charge on any atom is -0.332 e. The van der Waals surface area contributed by atoms with Crippen molar-refractivity contribution in [3.8, 4) is 0 Å². The molecule has 0 aromatic carbocycles. The summed E-state index contributed by atoms with van der Waals surface area (Å²) in [6.45, 7) is 3.35. The fourth-order valence-corrected chi connectivity index (χ4v) is 2.03. The highest BCUT2D eigenvalue weighted by molar-refractivity contribution is 7.09. The van der Waals surface area contributed by atoms with E-state index in [0.717, 1.165) is 17.9 Å². The Morgan fingerprint density at radius 3 is 2.93 bits per heavy atom. The van der Waals surface area contributed by atoms with Crippen molar-refractivity contribution in [1.29, 1.82) is 0 Å². The molecular weight excluding hydrogens is 196 g/mol. The van der Waals surface area contributed by atoms with Crippen LogP contribution in [0.3, 0.4) is 0 Å². The topological polar surface area (TPSA) is 56.7 Å². The van der Waals surface area contributed by atoms with Crippen molar-refractivity contribution < 1.29 is 0 Å². The molecule has 2 N–H and O–H groups in total. The predicted molar refractivity (Wildman–Crippen MR) is 56.1 cm³/mol. The SMILES string of the molecule is Cc1ncsc1Cn1cnc(CN)c1. The maximum Gasteiger partial charge on any atom is 0.0953 e. The minimum atomic E-state index is 0.495. The van der Waals surface area contributed by atoms with Gasteiger partial charge in [0.15, 0.2) is 0 Å². The zero-order chi connectivity index (χ0) is 9.97. The van der Waals surface area contributed by atoms with E-state index < -0.39 is 0 Å². The van der Waals surface area contributed by atoms with Crippen molar-refractivity contribution in [2.24, 2.45) is 5.73 Å². The molecule has 74 valence electrons. The smallest absolute Gasteiger partial charge is 0.0953 e. The third-order valence-corrected chi connectivity index (χ3v) is 2.99. The summed E-state index contributed by atoms with van der Waals surface area (Å²) in [5.74, 6) is 0. The van der Waals surface area contributed by atoms with E-state index in [2.05, 4.69) is 9.97 Å². The fraction of sp³-hybridized carbons (Fsp3) is 0.333. The molecule has 0 radical (unpaired) electrons. The summed E-state index contributed by atoms with van der Waals surface area (Å²) in [6, 6.07) is 0. The van der Waals surface area contributed by atoms with Crippen LogP contribution < -0.4 is 5.73 Å². The molecule has 2 aromatic heterocycles. The molecule has 2 rings (SSSR count). The second-order valence-corrected chi connectivity index (χ2v) is 4.04. The van der Waals surface area contributed by atoms with E-state index in [4.69, 9.17) is 5.73 Å². The van der Waals surface area contributed by atoms with Gasteiger partial charge in [-0.25, -0.2) is 9.97 Å². The maximum absolute atomic E-state index is 5.48. The van der Waals surface area contributed by atoms with Gasteiger partial charge in [0.05, 0.1) is 29.8 Å². The van der Waals surface area contributed by atoms with Gasteiger partial charge < -0.3 is 10.3 Å². The molecule has 0 atom stereocenters. The van der Waals surface area contributed by atoms with Crippen molar-refractivity contribution in [2.45, 2.75) is 20.0 Å². The van der Waals surface area contributed by atoms with E-state index in [9.17, 15) is 0 Å². The Morgan fingerprint density at radius 2 is 2.36 bits per heavy atom. The van der Waals surface area contributed by atoms with Gasteiger partial charge in [0.2, 0.25) is 0 Å². The number of imidazole rings is 1. The van der Waals surface area contributed by atoms with Crippen molar-refractivity contribution in [3.05, 3.63) is 34.3 Å². The second kappa shape index (κ2) is 3.89.